The molecule has 1 N–H and O–H groups in total. The number of ether oxygens (including phenoxy) is 2. The van der Waals surface area contributed by atoms with E-state index in [4.69, 9.17) is 9.47 Å². The summed E-state index contributed by atoms with van der Waals surface area (Å²) in [6.07, 6.45) is 0.770. The van der Waals surface area contributed by atoms with Crippen molar-refractivity contribution in [3.05, 3.63) is 105 Å². The molecule has 7 unspecified atom stereocenters. The van der Waals surface area contributed by atoms with E-state index in [9.17, 15) is 24.0 Å². The first kappa shape index (κ1) is 31.6. The van der Waals surface area contributed by atoms with Gasteiger partial charge in [0.2, 0.25) is 17.7 Å². The van der Waals surface area contributed by atoms with Gasteiger partial charge in [-0.15, -0.1) is 11.8 Å². The minimum atomic E-state index is -0.443. The number of nitrogens with one attached hydrogen (secondary N) is 1. The lowest BCUT2D eigenvalue weighted by molar-refractivity contribution is -0.123. The first-order valence-corrected chi connectivity index (χ1v) is 18.0. The summed E-state index contributed by atoms with van der Waals surface area (Å²) < 4.78 is 12.0. The summed E-state index contributed by atoms with van der Waals surface area (Å²) >= 11 is 2.74. The standard InChI is InChI=1S/C37H33N3O7S2/c1-3-47-36(44)20-9-13-21(14-10-20)38-26(41)18-39-35-32(49-37(39)45)27(19-11-15-23(46-2)16-12-19)28-24-17-25(31(28)48-35)30-29(24)33(42)40(34(30)43)22-7-5-4-6-8-22/h4-16,24-25,27-31H,3,17-18H2,1-2H3,(H,38,41). The number of methoxy groups -OCH3 is 1. The number of nitrogens with zero attached hydrogens (tertiary/aromatic N) is 2. The van der Waals surface area contributed by atoms with Gasteiger partial charge in [-0.3, -0.25) is 28.6 Å². The molecule has 3 aromatic carbocycles. The Morgan fingerprint density at radius 3 is 2.27 bits per heavy atom. The predicted molar refractivity (Wildman–Crippen MR) is 185 cm³/mol. The number of benzene rings is 3. The largest absolute Gasteiger partial charge is 0.497 e. The van der Waals surface area contributed by atoms with E-state index in [0.717, 1.165) is 33.2 Å². The van der Waals surface area contributed by atoms with E-state index in [2.05, 4.69) is 5.32 Å². The number of carbonyl (C=O) groups excluding carboxylic acids is 4. The SMILES string of the molecule is CCOC(=O)c1ccc(NC(=O)Cn2c3c(sc2=O)C(c2ccc(OC)cc2)C2C4CC(C2S3)C2C(=O)N(c3ccccc3)C(=O)C42)cc1. The van der Waals surface area contributed by atoms with Crippen LogP contribution in [0.25, 0.3) is 0 Å². The smallest absolute Gasteiger partial charge is 0.338 e. The number of carbonyl (C=O) groups is 4. The highest BCUT2D eigenvalue weighted by Crippen LogP contribution is 2.69. The van der Waals surface area contributed by atoms with Crippen LogP contribution in [-0.4, -0.2) is 47.2 Å². The zero-order valence-electron chi connectivity index (χ0n) is 26.7. The molecule has 0 radical (unpaired) electrons. The van der Waals surface area contributed by atoms with Gasteiger partial charge >= 0.3 is 10.8 Å². The maximum atomic E-state index is 14.0. The number of hydrogen-bond donors (Lipinski definition) is 1. The molecule has 2 bridgehead atoms. The molecule has 2 saturated carbocycles. The second-order valence-corrected chi connectivity index (χ2v) is 15.0. The average molecular weight is 696 g/mol. The number of para-hydroxylation sites is 1. The normalized spacial score (nSPS) is 26.2. The Hall–Kier alpha value is -4.68. The number of amides is 3. The first-order valence-electron chi connectivity index (χ1n) is 16.3. The van der Waals surface area contributed by atoms with Crippen LogP contribution in [0, 0.1) is 29.6 Å². The maximum Gasteiger partial charge on any atom is 0.338 e. The van der Waals surface area contributed by atoms with Gasteiger partial charge in [-0.25, -0.2) is 4.79 Å². The number of aromatic nitrogens is 1. The van der Waals surface area contributed by atoms with E-state index in [-0.39, 0.29) is 64.7 Å². The van der Waals surface area contributed by atoms with E-state index in [1.54, 1.807) is 66.8 Å². The number of imide groups is 1. The van der Waals surface area contributed by atoms with Crippen LogP contribution in [0.15, 0.2) is 88.7 Å². The van der Waals surface area contributed by atoms with Gasteiger partial charge in [0.15, 0.2) is 0 Å². The Balaban J connectivity index is 1.13. The van der Waals surface area contributed by atoms with Gasteiger partial charge in [-0.1, -0.05) is 41.7 Å². The number of thioether (sulfide) groups is 1. The lowest BCUT2D eigenvalue weighted by Gasteiger charge is -2.43. The quantitative estimate of drug-likeness (QED) is 0.192. The molecule has 250 valence electrons. The van der Waals surface area contributed by atoms with Crippen LogP contribution in [0.4, 0.5) is 11.4 Å². The van der Waals surface area contributed by atoms with Gasteiger partial charge in [0, 0.05) is 21.7 Å². The number of thiazole rings is 1. The van der Waals surface area contributed by atoms with Crippen LogP contribution >= 0.6 is 23.1 Å². The number of fused-ring (bicyclic) bond motifs is 9. The fourth-order valence-electron chi connectivity index (χ4n) is 8.52. The molecular formula is C37H33N3O7S2. The summed E-state index contributed by atoms with van der Waals surface area (Å²) in [6.45, 7) is 1.81. The van der Waals surface area contributed by atoms with Crippen molar-refractivity contribution in [1.29, 1.82) is 0 Å². The number of esters is 1. The fourth-order valence-corrected chi connectivity index (χ4v) is 11.7. The molecule has 0 spiro atoms. The van der Waals surface area contributed by atoms with Crippen molar-refractivity contribution in [3.63, 3.8) is 0 Å². The molecule has 8 rings (SSSR count). The van der Waals surface area contributed by atoms with Crippen LogP contribution < -0.4 is 19.8 Å². The third-order valence-electron chi connectivity index (χ3n) is 10.4. The summed E-state index contributed by atoms with van der Waals surface area (Å²) in [6, 6.07) is 23.4. The van der Waals surface area contributed by atoms with Crippen LogP contribution in [-0.2, 0) is 25.7 Å². The second kappa shape index (κ2) is 12.3. The van der Waals surface area contributed by atoms with Gasteiger partial charge in [0.05, 0.1) is 41.8 Å². The summed E-state index contributed by atoms with van der Waals surface area (Å²) in [5.41, 5.74) is 2.48. The summed E-state index contributed by atoms with van der Waals surface area (Å²) in [4.78, 5) is 69.0. The molecular weight excluding hydrogens is 663 g/mol. The highest BCUT2D eigenvalue weighted by atomic mass is 32.2. The first-order chi connectivity index (χ1) is 23.8. The molecule has 4 aromatic rings. The Bertz CT molecular complexity index is 2030. The van der Waals surface area contributed by atoms with Crippen molar-refractivity contribution in [3.8, 4) is 5.75 Å². The van der Waals surface area contributed by atoms with E-state index >= 15 is 0 Å². The van der Waals surface area contributed by atoms with Crippen molar-refractivity contribution >= 4 is 58.2 Å². The van der Waals surface area contributed by atoms with Crippen LogP contribution in [0.3, 0.4) is 0 Å². The van der Waals surface area contributed by atoms with E-state index in [0.29, 0.717) is 22.7 Å². The maximum absolute atomic E-state index is 14.0. The Labute approximate surface area is 290 Å². The third-order valence-corrected chi connectivity index (χ3v) is 13.2. The molecule has 4 aliphatic rings. The van der Waals surface area contributed by atoms with Gasteiger partial charge in [-0.2, -0.15) is 0 Å². The fraction of sp³-hybridized carbons (Fsp3) is 0.324. The van der Waals surface area contributed by atoms with Crippen molar-refractivity contribution < 1.29 is 28.7 Å². The molecule has 3 heterocycles. The molecule has 2 aliphatic heterocycles. The van der Waals surface area contributed by atoms with Gasteiger partial charge in [-0.05, 0) is 85.2 Å². The van der Waals surface area contributed by atoms with Crippen molar-refractivity contribution in [2.24, 2.45) is 29.6 Å². The van der Waals surface area contributed by atoms with E-state index in [1.165, 1.54) is 4.90 Å². The van der Waals surface area contributed by atoms with Crippen LogP contribution in [0.1, 0.15) is 40.1 Å². The Morgan fingerprint density at radius 2 is 1.59 bits per heavy atom. The van der Waals surface area contributed by atoms with E-state index in [1.807, 2.05) is 42.5 Å². The average Bonchev–Trinajstić information content (AvgIpc) is 3.84. The Kier molecular flexibility index (Phi) is 7.95. The minimum absolute atomic E-state index is 0.0166. The lowest BCUT2D eigenvalue weighted by Crippen LogP contribution is -2.43. The minimum Gasteiger partial charge on any atom is -0.497 e. The molecule has 3 fully saturated rings. The van der Waals surface area contributed by atoms with E-state index < -0.39 is 17.8 Å². The molecule has 1 saturated heterocycles. The molecule has 10 nitrogen and oxygen atoms in total. The highest BCUT2D eigenvalue weighted by molar-refractivity contribution is 8.00. The number of rotatable bonds is 8. The molecule has 3 amide bonds. The van der Waals surface area contributed by atoms with Crippen LogP contribution in [0.2, 0.25) is 0 Å². The van der Waals surface area contributed by atoms with Gasteiger partial charge in [0.25, 0.3) is 0 Å². The zero-order chi connectivity index (χ0) is 34.0. The number of anilines is 2. The molecule has 7 atom stereocenters. The second-order valence-electron chi connectivity index (χ2n) is 12.8. The summed E-state index contributed by atoms with van der Waals surface area (Å²) in [5.74, 6) is -1.41. The zero-order valence-corrected chi connectivity index (χ0v) is 28.4. The van der Waals surface area contributed by atoms with Crippen LogP contribution in [0.5, 0.6) is 5.75 Å². The molecule has 1 aromatic heterocycles. The number of hydrogen-bond acceptors (Lipinski definition) is 9. The lowest BCUT2D eigenvalue weighted by atomic mass is 9.68. The van der Waals surface area contributed by atoms with Gasteiger partial charge < -0.3 is 14.8 Å². The predicted octanol–water partition coefficient (Wildman–Crippen LogP) is 5.41. The molecule has 2 aliphatic carbocycles. The summed E-state index contributed by atoms with van der Waals surface area (Å²) in [7, 11) is 1.61. The van der Waals surface area contributed by atoms with Crippen molar-refractivity contribution in [2.45, 2.75) is 36.1 Å². The molecule has 49 heavy (non-hydrogen) atoms. The molecule has 12 heteroatoms. The van der Waals surface area contributed by atoms with Crippen molar-refractivity contribution in [1.82, 2.24) is 4.57 Å². The van der Waals surface area contributed by atoms with Crippen molar-refractivity contribution in [2.75, 3.05) is 23.9 Å². The van der Waals surface area contributed by atoms with Gasteiger partial charge in [0.1, 0.15) is 12.3 Å². The Morgan fingerprint density at radius 1 is 0.898 bits per heavy atom. The highest BCUT2D eigenvalue weighted by Gasteiger charge is 2.69. The monoisotopic (exact) mass is 695 g/mol. The summed E-state index contributed by atoms with van der Waals surface area (Å²) in [5, 5.41) is 3.57. The third kappa shape index (κ3) is 5.11. The topological polar surface area (TPSA) is 124 Å².